The van der Waals surface area contributed by atoms with Gasteiger partial charge in [-0.05, 0) is 48.1 Å². The van der Waals surface area contributed by atoms with Crippen LogP contribution in [0, 0.1) is 23.7 Å². The van der Waals surface area contributed by atoms with Gasteiger partial charge in [0, 0.05) is 6.20 Å². The van der Waals surface area contributed by atoms with Crippen LogP contribution in [0.25, 0.3) is 0 Å². The van der Waals surface area contributed by atoms with Gasteiger partial charge in [-0.15, -0.1) is 0 Å². The maximum Gasteiger partial charge on any atom is 0.234 e. The lowest BCUT2D eigenvalue weighted by atomic mass is 9.85. The van der Waals surface area contributed by atoms with Crippen LogP contribution in [-0.2, 0) is 14.4 Å². The molecule has 1 aromatic heterocycles. The van der Waals surface area contributed by atoms with Crippen molar-refractivity contribution in [1.29, 1.82) is 0 Å². The molecule has 1 aromatic carbocycles. The fourth-order valence-electron chi connectivity index (χ4n) is 5.22. The van der Waals surface area contributed by atoms with Gasteiger partial charge in [0.25, 0.3) is 0 Å². The number of aromatic nitrogens is 1. The summed E-state index contributed by atoms with van der Waals surface area (Å²) in [6.45, 7) is 0. The minimum absolute atomic E-state index is 0.0391. The van der Waals surface area contributed by atoms with E-state index in [9.17, 15) is 14.4 Å². The summed E-state index contributed by atoms with van der Waals surface area (Å²) in [4.78, 5) is 45.0. The lowest BCUT2D eigenvalue weighted by molar-refractivity contribution is -0.144. The van der Waals surface area contributed by atoms with Gasteiger partial charge in [0.1, 0.15) is 11.6 Å². The zero-order chi connectivity index (χ0) is 21.5. The molecular formula is C24H23N3O4. The van der Waals surface area contributed by atoms with E-state index >= 15 is 0 Å². The molecule has 1 N–H and O–H groups in total. The van der Waals surface area contributed by atoms with E-state index in [0.717, 1.165) is 12.0 Å². The molecule has 7 heteroatoms. The second kappa shape index (κ2) is 7.65. The minimum Gasteiger partial charge on any atom is -0.497 e. The van der Waals surface area contributed by atoms with Gasteiger partial charge in [0.05, 0.1) is 31.4 Å². The van der Waals surface area contributed by atoms with Crippen LogP contribution in [-0.4, -0.2) is 34.7 Å². The number of methoxy groups -OCH3 is 1. The highest BCUT2D eigenvalue weighted by atomic mass is 16.5. The van der Waals surface area contributed by atoms with Gasteiger partial charge < -0.3 is 10.1 Å². The topological polar surface area (TPSA) is 88.6 Å². The quantitative estimate of drug-likeness (QED) is 0.577. The SMILES string of the molecule is COc1ccc(C(CC(=O)Nc2ccccn2)N2C(=O)C3C4C=CC(C4)C3C2=O)cc1. The number of carbonyl (C=O) groups is 3. The molecule has 158 valence electrons. The third kappa shape index (κ3) is 3.30. The molecule has 2 bridgehead atoms. The van der Waals surface area contributed by atoms with Crippen LogP contribution in [0.4, 0.5) is 5.82 Å². The summed E-state index contributed by atoms with van der Waals surface area (Å²) in [6.07, 6.45) is 6.55. The fraction of sp³-hybridized carbons (Fsp3) is 0.333. The summed E-state index contributed by atoms with van der Waals surface area (Å²) in [5.74, 6) is 0.0857. The Morgan fingerprint density at radius 1 is 1.10 bits per heavy atom. The van der Waals surface area contributed by atoms with Crippen LogP contribution in [0.1, 0.15) is 24.4 Å². The zero-order valence-electron chi connectivity index (χ0n) is 17.1. The Balaban J connectivity index is 1.44. The summed E-state index contributed by atoms with van der Waals surface area (Å²) in [7, 11) is 1.57. The Labute approximate surface area is 180 Å². The van der Waals surface area contributed by atoms with Gasteiger partial charge in [-0.1, -0.05) is 30.4 Å². The number of anilines is 1. The summed E-state index contributed by atoms with van der Waals surface area (Å²) in [5, 5.41) is 2.76. The number of fused-ring (bicyclic) bond motifs is 5. The zero-order valence-corrected chi connectivity index (χ0v) is 17.1. The number of nitrogens with zero attached hydrogens (tertiary/aromatic N) is 2. The molecule has 1 saturated heterocycles. The average Bonchev–Trinajstić information content (AvgIpc) is 3.47. The number of benzene rings is 1. The average molecular weight is 417 g/mol. The maximum absolute atomic E-state index is 13.4. The molecule has 0 spiro atoms. The summed E-state index contributed by atoms with van der Waals surface area (Å²) >= 11 is 0. The van der Waals surface area contributed by atoms with Crippen molar-refractivity contribution in [2.24, 2.45) is 23.7 Å². The molecule has 0 radical (unpaired) electrons. The Bertz CT molecular complexity index is 1020. The Morgan fingerprint density at radius 3 is 2.35 bits per heavy atom. The summed E-state index contributed by atoms with van der Waals surface area (Å²) < 4.78 is 5.23. The van der Waals surface area contributed by atoms with Gasteiger partial charge in [0.15, 0.2) is 0 Å². The second-order valence-corrected chi connectivity index (χ2v) is 8.30. The molecular weight excluding hydrogens is 394 g/mol. The highest BCUT2D eigenvalue weighted by Gasteiger charge is 2.60. The number of ether oxygens (including phenoxy) is 1. The predicted molar refractivity (Wildman–Crippen MR) is 113 cm³/mol. The van der Waals surface area contributed by atoms with E-state index in [-0.39, 0.29) is 47.8 Å². The molecule has 1 aliphatic heterocycles. The largest absolute Gasteiger partial charge is 0.497 e. The van der Waals surface area contributed by atoms with Crippen LogP contribution < -0.4 is 10.1 Å². The smallest absolute Gasteiger partial charge is 0.234 e. The number of rotatable bonds is 6. The van der Waals surface area contributed by atoms with Gasteiger partial charge in [-0.2, -0.15) is 0 Å². The van der Waals surface area contributed by atoms with Crippen LogP contribution in [0.5, 0.6) is 5.75 Å². The van der Waals surface area contributed by atoms with Crippen molar-refractivity contribution in [2.45, 2.75) is 18.9 Å². The van der Waals surface area contributed by atoms with Crippen LogP contribution in [0.15, 0.2) is 60.8 Å². The lowest BCUT2D eigenvalue weighted by Gasteiger charge is -2.28. The third-order valence-corrected chi connectivity index (χ3v) is 6.63. The highest BCUT2D eigenvalue weighted by molar-refractivity contribution is 6.07. The molecule has 3 aliphatic rings. The number of allylic oxidation sites excluding steroid dienone is 2. The van der Waals surface area contributed by atoms with E-state index in [1.54, 1.807) is 55.8 Å². The molecule has 7 nitrogen and oxygen atoms in total. The first-order valence-corrected chi connectivity index (χ1v) is 10.5. The first kappa shape index (κ1) is 19.5. The second-order valence-electron chi connectivity index (χ2n) is 8.30. The molecule has 5 rings (SSSR count). The van der Waals surface area contributed by atoms with Crippen molar-refractivity contribution >= 4 is 23.5 Å². The van der Waals surface area contributed by atoms with Gasteiger partial charge >= 0.3 is 0 Å². The maximum atomic E-state index is 13.4. The molecule has 5 unspecified atom stereocenters. The number of hydrogen-bond donors (Lipinski definition) is 1. The van der Waals surface area contributed by atoms with Crippen LogP contribution >= 0.6 is 0 Å². The molecule has 2 heterocycles. The number of amides is 3. The monoisotopic (exact) mass is 417 g/mol. The normalized spacial score (nSPS) is 26.8. The number of pyridine rings is 1. The van der Waals surface area contributed by atoms with E-state index in [1.165, 1.54) is 4.90 Å². The molecule has 3 amide bonds. The first-order valence-electron chi connectivity index (χ1n) is 10.5. The molecule has 1 saturated carbocycles. The summed E-state index contributed by atoms with van der Waals surface area (Å²) in [6, 6.07) is 11.7. The predicted octanol–water partition coefficient (Wildman–Crippen LogP) is 2.97. The van der Waals surface area contributed by atoms with E-state index in [2.05, 4.69) is 22.5 Å². The standard InChI is InChI=1S/C24H23N3O4/c1-31-17-9-7-14(8-10-17)18(13-20(28)26-19-4-2-3-11-25-19)27-23(29)21-15-5-6-16(12-15)22(21)24(27)30/h2-11,15-16,18,21-22H,12-13H2,1H3,(H,25,26,28). The molecule has 2 aromatic rings. The highest BCUT2D eigenvalue weighted by Crippen LogP contribution is 2.54. The van der Waals surface area contributed by atoms with E-state index in [4.69, 9.17) is 4.74 Å². The van der Waals surface area contributed by atoms with E-state index in [1.807, 2.05) is 0 Å². The van der Waals surface area contributed by atoms with Crippen molar-refractivity contribution in [2.75, 3.05) is 12.4 Å². The van der Waals surface area contributed by atoms with Gasteiger partial charge in [-0.25, -0.2) is 4.98 Å². The number of likely N-dealkylation sites (tertiary alicyclic amines) is 1. The van der Waals surface area contributed by atoms with Crippen LogP contribution in [0.2, 0.25) is 0 Å². The van der Waals surface area contributed by atoms with E-state index in [0.29, 0.717) is 11.6 Å². The van der Waals surface area contributed by atoms with Gasteiger partial charge in [-0.3, -0.25) is 19.3 Å². The van der Waals surface area contributed by atoms with Crippen LogP contribution in [0.3, 0.4) is 0 Å². The molecule has 5 atom stereocenters. The summed E-state index contributed by atoms with van der Waals surface area (Å²) in [5.41, 5.74) is 0.721. The lowest BCUT2D eigenvalue weighted by Crippen LogP contribution is -2.38. The van der Waals surface area contributed by atoms with Crippen molar-refractivity contribution in [1.82, 2.24) is 9.88 Å². The number of hydrogen-bond acceptors (Lipinski definition) is 5. The minimum atomic E-state index is -0.681. The van der Waals surface area contributed by atoms with Crippen molar-refractivity contribution < 1.29 is 19.1 Å². The molecule has 2 aliphatic carbocycles. The Morgan fingerprint density at radius 2 is 1.77 bits per heavy atom. The number of carbonyl (C=O) groups excluding carboxylic acids is 3. The third-order valence-electron chi connectivity index (χ3n) is 6.63. The molecule has 2 fully saturated rings. The fourth-order valence-corrected chi connectivity index (χ4v) is 5.22. The van der Waals surface area contributed by atoms with Crippen molar-refractivity contribution in [3.63, 3.8) is 0 Å². The molecule has 31 heavy (non-hydrogen) atoms. The van der Waals surface area contributed by atoms with Crippen molar-refractivity contribution in [3.8, 4) is 5.75 Å². The Kier molecular flexibility index (Phi) is 4.81. The number of imide groups is 1. The van der Waals surface area contributed by atoms with Gasteiger partial charge in [0.2, 0.25) is 17.7 Å². The Hall–Kier alpha value is -3.48. The number of nitrogens with one attached hydrogen (secondary N) is 1. The van der Waals surface area contributed by atoms with E-state index < -0.39 is 6.04 Å². The van der Waals surface area contributed by atoms with Crippen molar-refractivity contribution in [3.05, 3.63) is 66.4 Å². The first-order chi connectivity index (χ1) is 15.1.